The first kappa shape index (κ1) is 13.8. The largest absolute Gasteiger partial charge is 0.373 e. The molecule has 0 amide bonds. The number of hydrogen-bond acceptors (Lipinski definition) is 2. The minimum atomic E-state index is 0.107. The topological polar surface area (TPSA) is 35.2 Å². The molecule has 1 atom stereocenters. The van der Waals surface area contributed by atoms with Crippen LogP contribution in [0.2, 0.25) is 0 Å². The SMILES string of the molecule is NCCCOC(Cc1ccccc1)c1ccccc1. The van der Waals surface area contributed by atoms with Gasteiger partial charge in [0.2, 0.25) is 0 Å². The van der Waals surface area contributed by atoms with Gasteiger partial charge in [-0.3, -0.25) is 0 Å². The van der Waals surface area contributed by atoms with Gasteiger partial charge in [0.05, 0.1) is 6.10 Å². The molecule has 19 heavy (non-hydrogen) atoms. The van der Waals surface area contributed by atoms with E-state index in [9.17, 15) is 0 Å². The van der Waals surface area contributed by atoms with Crippen molar-refractivity contribution in [3.8, 4) is 0 Å². The van der Waals surface area contributed by atoms with E-state index in [-0.39, 0.29) is 6.10 Å². The third-order valence-corrected chi connectivity index (χ3v) is 3.10. The van der Waals surface area contributed by atoms with Gasteiger partial charge in [0.1, 0.15) is 0 Å². The lowest BCUT2D eigenvalue weighted by Gasteiger charge is -2.18. The second-order valence-electron chi connectivity index (χ2n) is 4.60. The molecule has 2 rings (SSSR count). The molecule has 2 N–H and O–H groups in total. The maximum absolute atomic E-state index is 5.99. The summed E-state index contributed by atoms with van der Waals surface area (Å²) in [5, 5.41) is 0. The Morgan fingerprint density at radius 2 is 1.53 bits per heavy atom. The number of nitrogens with two attached hydrogens (primary N) is 1. The van der Waals surface area contributed by atoms with Crippen molar-refractivity contribution in [2.45, 2.75) is 18.9 Å². The van der Waals surface area contributed by atoms with Gasteiger partial charge < -0.3 is 10.5 Å². The Balaban J connectivity index is 2.06. The molecule has 0 fully saturated rings. The Morgan fingerprint density at radius 1 is 0.895 bits per heavy atom. The number of benzene rings is 2. The fraction of sp³-hybridized carbons (Fsp3) is 0.294. The van der Waals surface area contributed by atoms with Crippen molar-refractivity contribution in [3.05, 3.63) is 71.8 Å². The molecule has 2 aromatic carbocycles. The summed E-state index contributed by atoms with van der Waals surface area (Å²) in [6.45, 7) is 1.38. The Bertz CT molecular complexity index is 455. The van der Waals surface area contributed by atoms with Crippen molar-refractivity contribution in [2.24, 2.45) is 5.73 Å². The summed E-state index contributed by atoms with van der Waals surface area (Å²) in [5.74, 6) is 0. The van der Waals surface area contributed by atoms with Gasteiger partial charge in [0.25, 0.3) is 0 Å². The quantitative estimate of drug-likeness (QED) is 0.770. The minimum Gasteiger partial charge on any atom is -0.373 e. The summed E-state index contributed by atoms with van der Waals surface area (Å²) in [4.78, 5) is 0. The molecule has 0 aromatic heterocycles. The van der Waals surface area contributed by atoms with E-state index in [1.54, 1.807) is 0 Å². The lowest BCUT2D eigenvalue weighted by atomic mass is 10.0. The van der Waals surface area contributed by atoms with Gasteiger partial charge in [0.15, 0.2) is 0 Å². The molecular formula is C17H21NO. The van der Waals surface area contributed by atoms with Crippen molar-refractivity contribution in [2.75, 3.05) is 13.2 Å². The molecule has 2 heteroatoms. The molecule has 0 radical (unpaired) electrons. The predicted octanol–water partition coefficient (Wildman–Crippen LogP) is 3.34. The summed E-state index contributed by atoms with van der Waals surface area (Å²) < 4.78 is 5.99. The van der Waals surface area contributed by atoms with Gasteiger partial charge in [-0.1, -0.05) is 60.7 Å². The molecule has 0 spiro atoms. The first-order chi connectivity index (χ1) is 9.40. The lowest BCUT2D eigenvalue weighted by Crippen LogP contribution is -2.11. The fourth-order valence-electron chi connectivity index (χ4n) is 2.08. The first-order valence-electron chi connectivity index (χ1n) is 6.80. The lowest BCUT2D eigenvalue weighted by molar-refractivity contribution is 0.0522. The summed E-state index contributed by atoms with van der Waals surface area (Å²) >= 11 is 0. The maximum atomic E-state index is 5.99. The van der Waals surface area contributed by atoms with Gasteiger partial charge >= 0.3 is 0 Å². The zero-order valence-corrected chi connectivity index (χ0v) is 11.2. The molecular weight excluding hydrogens is 234 g/mol. The maximum Gasteiger partial charge on any atom is 0.0865 e. The van der Waals surface area contributed by atoms with Gasteiger partial charge in [-0.05, 0) is 24.1 Å². The predicted molar refractivity (Wildman–Crippen MR) is 79.0 cm³/mol. The summed E-state index contributed by atoms with van der Waals surface area (Å²) in [6.07, 6.45) is 1.91. The number of hydrogen-bond donors (Lipinski definition) is 1. The van der Waals surface area contributed by atoms with Crippen LogP contribution in [0.15, 0.2) is 60.7 Å². The van der Waals surface area contributed by atoms with Gasteiger partial charge in [0, 0.05) is 13.0 Å². The zero-order valence-electron chi connectivity index (χ0n) is 11.2. The number of rotatable bonds is 7. The van der Waals surface area contributed by atoms with Crippen molar-refractivity contribution in [1.82, 2.24) is 0 Å². The van der Waals surface area contributed by atoms with E-state index in [0.29, 0.717) is 13.2 Å². The molecule has 0 aliphatic heterocycles. The molecule has 0 aliphatic carbocycles. The van der Waals surface area contributed by atoms with Crippen molar-refractivity contribution < 1.29 is 4.74 Å². The highest BCUT2D eigenvalue weighted by Gasteiger charge is 2.12. The molecule has 2 aromatic rings. The monoisotopic (exact) mass is 255 g/mol. The van der Waals surface area contributed by atoms with Crippen LogP contribution >= 0.6 is 0 Å². The van der Waals surface area contributed by atoms with E-state index in [2.05, 4.69) is 48.5 Å². The van der Waals surface area contributed by atoms with Crippen molar-refractivity contribution >= 4 is 0 Å². The second-order valence-corrected chi connectivity index (χ2v) is 4.60. The van der Waals surface area contributed by atoms with E-state index >= 15 is 0 Å². The van der Waals surface area contributed by atoms with Crippen molar-refractivity contribution in [3.63, 3.8) is 0 Å². The molecule has 0 aliphatic rings. The van der Waals surface area contributed by atoms with Crippen LogP contribution < -0.4 is 5.73 Å². The zero-order chi connectivity index (χ0) is 13.3. The van der Waals surface area contributed by atoms with E-state index in [1.165, 1.54) is 11.1 Å². The van der Waals surface area contributed by atoms with E-state index in [1.807, 2.05) is 12.1 Å². The Kier molecular flexibility index (Phi) is 5.60. The van der Waals surface area contributed by atoms with Gasteiger partial charge in [-0.15, -0.1) is 0 Å². The first-order valence-corrected chi connectivity index (χ1v) is 6.80. The van der Waals surface area contributed by atoms with E-state index < -0.39 is 0 Å². The van der Waals surface area contributed by atoms with Gasteiger partial charge in [-0.25, -0.2) is 0 Å². The number of ether oxygens (including phenoxy) is 1. The average Bonchev–Trinajstić information content (AvgIpc) is 2.48. The van der Waals surface area contributed by atoms with Crippen molar-refractivity contribution in [1.29, 1.82) is 0 Å². The van der Waals surface area contributed by atoms with Crippen LogP contribution in [0, 0.1) is 0 Å². The summed E-state index contributed by atoms with van der Waals surface area (Å²) in [7, 11) is 0. The third kappa shape index (κ3) is 4.51. The Labute approximate surface area is 115 Å². The molecule has 0 saturated heterocycles. The highest BCUT2D eigenvalue weighted by molar-refractivity contribution is 5.22. The smallest absolute Gasteiger partial charge is 0.0865 e. The van der Waals surface area contributed by atoms with Crippen LogP contribution in [-0.2, 0) is 11.2 Å². The molecule has 0 heterocycles. The van der Waals surface area contributed by atoms with Crippen LogP contribution in [0.3, 0.4) is 0 Å². The average molecular weight is 255 g/mol. The molecule has 100 valence electrons. The third-order valence-electron chi connectivity index (χ3n) is 3.10. The van der Waals surface area contributed by atoms with Crippen LogP contribution in [0.1, 0.15) is 23.7 Å². The van der Waals surface area contributed by atoms with E-state index in [4.69, 9.17) is 10.5 Å². The van der Waals surface area contributed by atoms with Gasteiger partial charge in [-0.2, -0.15) is 0 Å². The summed E-state index contributed by atoms with van der Waals surface area (Å²) in [6, 6.07) is 20.8. The molecule has 1 unspecified atom stereocenters. The van der Waals surface area contributed by atoms with Crippen LogP contribution in [0.25, 0.3) is 0 Å². The molecule has 2 nitrogen and oxygen atoms in total. The Morgan fingerprint density at radius 3 is 2.16 bits per heavy atom. The fourth-order valence-corrected chi connectivity index (χ4v) is 2.08. The van der Waals surface area contributed by atoms with E-state index in [0.717, 1.165) is 12.8 Å². The molecule has 0 saturated carbocycles. The highest BCUT2D eigenvalue weighted by atomic mass is 16.5. The molecule has 0 bridgehead atoms. The normalized spacial score (nSPS) is 12.3. The standard InChI is InChI=1S/C17H21NO/c18-12-7-13-19-17(16-10-5-2-6-11-16)14-15-8-3-1-4-9-15/h1-6,8-11,17H,7,12-14,18H2. The second kappa shape index (κ2) is 7.72. The Hall–Kier alpha value is -1.64. The van der Waals surface area contributed by atoms with Crippen LogP contribution in [0.5, 0.6) is 0 Å². The highest BCUT2D eigenvalue weighted by Crippen LogP contribution is 2.22. The van der Waals surface area contributed by atoms with Crippen LogP contribution in [0.4, 0.5) is 0 Å². The summed E-state index contributed by atoms with van der Waals surface area (Å²) in [5.41, 5.74) is 8.05. The van der Waals surface area contributed by atoms with Crippen LogP contribution in [-0.4, -0.2) is 13.2 Å². The minimum absolute atomic E-state index is 0.107.